The third-order valence-electron chi connectivity index (χ3n) is 2.87. The topological polar surface area (TPSA) is 79.5 Å². The van der Waals surface area contributed by atoms with E-state index in [0.29, 0.717) is 23.1 Å². The van der Waals surface area contributed by atoms with Crippen LogP contribution in [0.3, 0.4) is 0 Å². The first kappa shape index (κ1) is 11.3. The Balaban J connectivity index is 1.75. The lowest BCUT2D eigenvalue weighted by Crippen LogP contribution is -1.97. The standard InChI is InChI=1S/C13H9N3O3S/c14-13-15-11(8-3-4-20-12(8)16-13)19-7-1-2-9-10(5-7)18-6-17-9/h1-5H,6H2,(H2,14,15,16). The van der Waals surface area contributed by atoms with Crippen molar-refractivity contribution in [3.63, 3.8) is 0 Å². The van der Waals surface area contributed by atoms with Crippen LogP contribution in [0.15, 0.2) is 29.6 Å². The second kappa shape index (κ2) is 4.24. The Morgan fingerprint density at radius 1 is 1.15 bits per heavy atom. The Labute approximate surface area is 117 Å². The number of nitrogens with zero attached hydrogens (tertiary/aromatic N) is 2. The second-order valence-electron chi connectivity index (χ2n) is 4.14. The monoisotopic (exact) mass is 287 g/mol. The molecule has 6 nitrogen and oxygen atoms in total. The first-order valence-corrected chi connectivity index (χ1v) is 6.76. The van der Waals surface area contributed by atoms with E-state index in [4.69, 9.17) is 19.9 Å². The SMILES string of the molecule is Nc1nc(Oc2ccc3c(c2)OCO3)c2ccsc2n1. The highest BCUT2D eigenvalue weighted by Gasteiger charge is 2.15. The number of fused-ring (bicyclic) bond motifs is 2. The fourth-order valence-corrected chi connectivity index (χ4v) is 2.74. The summed E-state index contributed by atoms with van der Waals surface area (Å²) < 4.78 is 16.4. The van der Waals surface area contributed by atoms with Crippen molar-refractivity contribution in [3.8, 4) is 23.1 Å². The zero-order valence-corrected chi connectivity index (χ0v) is 11.0. The van der Waals surface area contributed by atoms with Crippen LogP contribution in [0.4, 0.5) is 5.95 Å². The van der Waals surface area contributed by atoms with Crippen LogP contribution < -0.4 is 19.9 Å². The molecule has 3 aromatic rings. The lowest BCUT2D eigenvalue weighted by atomic mass is 10.3. The van der Waals surface area contributed by atoms with Crippen molar-refractivity contribution in [1.29, 1.82) is 0 Å². The molecule has 0 spiro atoms. The maximum atomic E-state index is 5.80. The first-order chi connectivity index (χ1) is 9.79. The van der Waals surface area contributed by atoms with Crippen LogP contribution in [0, 0.1) is 0 Å². The van der Waals surface area contributed by atoms with Gasteiger partial charge in [-0.05, 0) is 23.6 Å². The van der Waals surface area contributed by atoms with Crippen molar-refractivity contribution in [2.75, 3.05) is 12.5 Å². The van der Waals surface area contributed by atoms with Crippen LogP contribution >= 0.6 is 11.3 Å². The van der Waals surface area contributed by atoms with Gasteiger partial charge in [-0.25, -0.2) is 4.98 Å². The summed E-state index contributed by atoms with van der Waals surface area (Å²) in [7, 11) is 0. The molecule has 0 bridgehead atoms. The van der Waals surface area contributed by atoms with Crippen molar-refractivity contribution in [3.05, 3.63) is 29.6 Å². The minimum atomic E-state index is 0.190. The number of aromatic nitrogens is 2. The quantitative estimate of drug-likeness (QED) is 0.780. The number of anilines is 1. The highest BCUT2D eigenvalue weighted by Crippen LogP contribution is 2.37. The molecule has 4 rings (SSSR count). The molecule has 0 fully saturated rings. The lowest BCUT2D eigenvalue weighted by Gasteiger charge is -2.07. The van der Waals surface area contributed by atoms with Crippen LogP contribution in [0.25, 0.3) is 10.2 Å². The van der Waals surface area contributed by atoms with E-state index >= 15 is 0 Å². The first-order valence-electron chi connectivity index (χ1n) is 5.88. The number of hydrogen-bond donors (Lipinski definition) is 1. The average Bonchev–Trinajstić information content (AvgIpc) is 3.05. The average molecular weight is 287 g/mol. The molecule has 0 saturated heterocycles. The van der Waals surface area contributed by atoms with Gasteiger partial charge in [0.1, 0.15) is 10.6 Å². The molecule has 1 aromatic carbocycles. The van der Waals surface area contributed by atoms with Crippen LogP contribution in [0.1, 0.15) is 0 Å². The Hall–Kier alpha value is -2.54. The Morgan fingerprint density at radius 3 is 3.00 bits per heavy atom. The third kappa shape index (κ3) is 1.79. The molecule has 0 aliphatic carbocycles. The molecule has 2 N–H and O–H groups in total. The number of nitrogens with two attached hydrogens (primary N) is 1. The van der Waals surface area contributed by atoms with E-state index in [1.165, 1.54) is 11.3 Å². The van der Waals surface area contributed by atoms with Gasteiger partial charge >= 0.3 is 0 Å². The van der Waals surface area contributed by atoms with Gasteiger partial charge in [-0.15, -0.1) is 11.3 Å². The summed E-state index contributed by atoms with van der Waals surface area (Å²) in [5.41, 5.74) is 5.69. The van der Waals surface area contributed by atoms with Crippen molar-refractivity contribution >= 4 is 27.5 Å². The molecular weight excluding hydrogens is 278 g/mol. The van der Waals surface area contributed by atoms with Crippen LogP contribution in [0.2, 0.25) is 0 Å². The Bertz CT molecular complexity index is 803. The number of rotatable bonds is 2. The Morgan fingerprint density at radius 2 is 2.05 bits per heavy atom. The summed E-state index contributed by atoms with van der Waals surface area (Å²) in [4.78, 5) is 9.10. The molecule has 1 aliphatic heterocycles. The van der Waals surface area contributed by atoms with E-state index in [2.05, 4.69) is 9.97 Å². The fraction of sp³-hybridized carbons (Fsp3) is 0.0769. The van der Waals surface area contributed by atoms with Gasteiger partial charge in [-0.3, -0.25) is 0 Å². The van der Waals surface area contributed by atoms with Gasteiger partial charge in [0, 0.05) is 6.07 Å². The molecule has 1 aliphatic rings. The molecule has 0 unspecified atom stereocenters. The van der Waals surface area contributed by atoms with Gasteiger partial charge in [0.15, 0.2) is 11.5 Å². The minimum Gasteiger partial charge on any atom is -0.454 e. The molecule has 0 radical (unpaired) electrons. The van der Waals surface area contributed by atoms with Gasteiger partial charge in [0.25, 0.3) is 0 Å². The number of thiophene rings is 1. The van der Waals surface area contributed by atoms with Crippen LogP contribution in [0.5, 0.6) is 23.1 Å². The second-order valence-corrected chi connectivity index (χ2v) is 5.04. The van der Waals surface area contributed by atoms with E-state index in [1.54, 1.807) is 18.2 Å². The molecule has 2 aromatic heterocycles. The summed E-state index contributed by atoms with van der Waals surface area (Å²) in [5, 5.41) is 2.76. The van der Waals surface area contributed by atoms with E-state index in [1.807, 2.05) is 11.4 Å². The highest BCUT2D eigenvalue weighted by atomic mass is 32.1. The van der Waals surface area contributed by atoms with Crippen molar-refractivity contribution in [2.45, 2.75) is 0 Å². The molecular formula is C13H9N3O3S. The van der Waals surface area contributed by atoms with Gasteiger partial charge in [0.05, 0.1) is 5.39 Å². The van der Waals surface area contributed by atoms with Gasteiger partial charge in [-0.1, -0.05) is 0 Å². The van der Waals surface area contributed by atoms with Crippen molar-refractivity contribution in [2.24, 2.45) is 0 Å². The number of hydrogen-bond acceptors (Lipinski definition) is 7. The molecule has 7 heteroatoms. The van der Waals surface area contributed by atoms with Gasteiger partial charge < -0.3 is 19.9 Å². The normalized spacial score (nSPS) is 12.8. The van der Waals surface area contributed by atoms with Crippen LogP contribution in [-0.2, 0) is 0 Å². The molecule has 0 amide bonds. The van der Waals surface area contributed by atoms with Crippen LogP contribution in [-0.4, -0.2) is 16.8 Å². The van der Waals surface area contributed by atoms with Gasteiger partial charge in [-0.2, -0.15) is 4.98 Å². The van der Waals surface area contributed by atoms with E-state index in [0.717, 1.165) is 10.2 Å². The predicted molar refractivity (Wildman–Crippen MR) is 74.5 cm³/mol. The summed E-state index contributed by atoms with van der Waals surface area (Å²) in [6.45, 7) is 0.230. The zero-order chi connectivity index (χ0) is 13.5. The lowest BCUT2D eigenvalue weighted by molar-refractivity contribution is 0.174. The van der Waals surface area contributed by atoms with E-state index < -0.39 is 0 Å². The van der Waals surface area contributed by atoms with E-state index in [9.17, 15) is 0 Å². The zero-order valence-electron chi connectivity index (χ0n) is 10.2. The number of ether oxygens (including phenoxy) is 3. The summed E-state index contributed by atoms with van der Waals surface area (Å²) in [6, 6.07) is 7.26. The van der Waals surface area contributed by atoms with Gasteiger partial charge in [0.2, 0.25) is 18.6 Å². The summed E-state index contributed by atoms with van der Waals surface area (Å²) in [6.07, 6.45) is 0. The summed E-state index contributed by atoms with van der Waals surface area (Å²) >= 11 is 1.49. The largest absolute Gasteiger partial charge is 0.454 e. The minimum absolute atomic E-state index is 0.190. The molecule has 20 heavy (non-hydrogen) atoms. The smallest absolute Gasteiger partial charge is 0.232 e. The highest BCUT2D eigenvalue weighted by molar-refractivity contribution is 7.16. The van der Waals surface area contributed by atoms with Crippen molar-refractivity contribution < 1.29 is 14.2 Å². The fourth-order valence-electron chi connectivity index (χ4n) is 1.97. The number of nitrogen functional groups attached to an aromatic ring is 1. The maximum absolute atomic E-state index is 5.80. The summed E-state index contributed by atoms with van der Waals surface area (Å²) in [5.74, 6) is 2.61. The third-order valence-corrected chi connectivity index (χ3v) is 3.67. The molecule has 0 atom stereocenters. The number of benzene rings is 1. The molecule has 3 heterocycles. The van der Waals surface area contributed by atoms with Crippen molar-refractivity contribution in [1.82, 2.24) is 9.97 Å². The van der Waals surface area contributed by atoms with E-state index in [-0.39, 0.29) is 12.7 Å². The predicted octanol–water partition coefficient (Wildman–Crippen LogP) is 2.79. The molecule has 100 valence electrons. The Kier molecular flexibility index (Phi) is 2.40. The maximum Gasteiger partial charge on any atom is 0.232 e. The molecule has 0 saturated carbocycles.